The number of hydrogen-bond donors (Lipinski definition) is 4. The van der Waals surface area contributed by atoms with Crippen LogP contribution >= 0.6 is 24.8 Å². The van der Waals surface area contributed by atoms with Crippen molar-refractivity contribution in [2.75, 3.05) is 6.54 Å². The first kappa shape index (κ1) is 17.4. The summed E-state index contributed by atoms with van der Waals surface area (Å²) < 4.78 is 0. The van der Waals surface area contributed by atoms with Crippen molar-refractivity contribution in [1.29, 1.82) is 5.41 Å². The van der Waals surface area contributed by atoms with Crippen molar-refractivity contribution in [3.05, 3.63) is 0 Å². The molecule has 0 aliphatic carbocycles. The number of aliphatic imine (C=N–C) groups is 1. The highest BCUT2D eigenvalue weighted by atomic mass is 35.5. The van der Waals surface area contributed by atoms with Crippen molar-refractivity contribution in [3.8, 4) is 0 Å². The predicted octanol–water partition coefficient (Wildman–Crippen LogP) is -0.208. The average Bonchev–Trinajstić information content (AvgIpc) is 2.51. The maximum atomic E-state index is 11.4. The van der Waals surface area contributed by atoms with Crippen molar-refractivity contribution in [2.24, 2.45) is 16.5 Å². The Kier molecular flexibility index (Phi) is 8.89. The van der Waals surface area contributed by atoms with Crippen molar-refractivity contribution in [3.63, 3.8) is 0 Å². The number of rotatable bonds is 4. The van der Waals surface area contributed by atoms with Crippen LogP contribution in [0.15, 0.2) is 4.99 Å². The minimum absolute atomic E-state index is 0. The van der Waals surface area contributed by atoms with Crippen LogP contribution in [0.25, 0.3) is 0 Å². The zero-order valence-corrected chi connectivity index (χ0v) is 10.4. The van der Waals surface area contributed by atoms with Crippen LogP contribution in [0.4, 0.5) is 0 Å². The van der Waals surface area contributed by atoms with Gasteiger partial charge in [-0.25, -0.2) is 0 Å². The van der Waals surface area contributed by atoms with Gasteiger partial charge in [0.05, 0.1) is 11.7 Å². The van der Waals surface area contributed by atoms with E-state index in [9.17, 15) is 4.79 Å². The number of hydrogen-bond acceptors (Lipinski definition) is 4. The molecule has 1 aliphatic rings. The van der Waals surface area contributed by atoms with Gasteiger partial charge in [-0.15, -0.1) is 24.8 Å². The number of nitrogens with one attached hydrogen (secondary N) is 2. The summed E-state index contributed by atoms with van der Waals surface area (Å²) in [6.45, 7) is 0.389. The highest BCUT2D eigenvalue weighted by Crippen LogP contribution is 2.10. The van der Waals surface area contributed by atoms with E-state index in [4.69, 9.17) is 16.9 Å². The van der Waals surface area contributed by atoms with Crippen LogP contribution in [0.3, 0.4) is 0 Å². The molecular weight excluding hydrogens is 253 g/mol. The maximum Gasteiger partial charge on any atom is 0.244 e. The number of carbonyl (C=O) groups is 1. The summed E-state index contributed by atoms with van der Waals surface area (Å²) in [7, 11) is 0. The second kappa shape index (κ2) is 8.18. The molecule has 1 rings (SSSR count). The quantitative estimate of drug-likeness (QED) is 0.418. The topological polar surface area (TPSA) is 117 Å². The van der Waals surface area contributed by atoms with E-state index in [0.29, 0.717) is 31.6 Å². The molecule has 0 bridgehead atoms. The SMILES string of the molecule is Cl.Cl.N=C(N)CCNC(=O)[C@@H]1CCC(N)=N1. The highest BCUT2D eigenvalue weighted by molar-refractivity contribution is 5.91. The van der Waals surface area contributed by atoms with E-state index in [1.54, 1.807) is 0 Å². The lowest BCUT2D eigenvalue weighted by atomic mass is 10.2. The summed E-state index contributed by atoms with van der Waals surface area (Å²) in [6, 6.07) is -0.345. The number of carbonyl (C=O) groups excluding carboxylic acids is 1. The first-order valence-electron chi connectivity index (χ1n) is 4.52. The van der Waals surface area contributed by atoms with Crippen molar-refractivity contribution < 1.29 is 4.79 Å². The second-order valence-corrected chi connectivity index (χ2v) is 3.24. The third-order valence-electron chi connectivity index (χ3n) is 1.99. The van der Waals surface area contributed by atoms with E-state index < -0.39 is 0 Å². The number of nitrogens with two attached hydrogens (primary N) is 2. The van der Waals surface area contributed by atoms with Crippen molar-refractivity contribution in [2.45, 2.75) is 25.3 Å². The summed E-state index contributed by atoms with van der Waals surface area (Å²) in [4.78, 5) is 15.4. The Morgan fingerprint density at radius 3 is 2.62 bits per heavy atom. The van der Waals surface area contributed by atoms with Gasteiger partial charge in [-0.2, -0.15) is 0 Å². The maximum absolute atomic E-state index is 11.4. The lowest BCUT2D eigenvalue weighted by Gasteiger charge is -2.07. The van der Waals surface area contributed by atoms with Crippen LogP contribution in [-0.2, 0) is 4.79 Å². The van der Waals surface area contributed by atoms with Gasteiger partial charge in [-0.05, 0) is 6.42 Å². The molecule has 0 saturated carbocycles. The van der Waals surface area contributed by atoms with Gasteiger partial charge in [-0.1, -0.05) is 0 Å². The number of halogens is 2. The van der Waals surface area contributed by atoms with Gasteiger partial charge < -0.3 is 16.8 Å². The number of amides is 1. The highest BCUT2D eigenvalue weighted by Gasteiger charge is 2.22. The number of amidine groups is 2. The molecule has 0 fully saturated rings. The van der Waals surface area contributed by atoms with Gasteiger partial charge in [0.15, 0.2) is 0 Å². The van der Waals surface area contributed by atoms with E-state index in [0.717, 1.165) is 0 Å². The monoisotopic (exact) mass is 269 g/mol. The van der Waals surface area contributed by atoms with Gasteiger partial charge in [0.25, 0.3) is 0 Å². The summed E-state index contributed by atoms with van der Waals surface area (Å²) in [6.07, 6.45) is 1.74. The van der Waals surface area contributed by atoms with Crippen LogP contribution in [-0.4, -0.2) is 30.2 Å². The molecule has 1 atom stereocenters. The molecule has 0 aromatic carbocycles. The van der Waals surface area contributed by atoms with Gasteiger partial charge in [0.2, 0.25) is 5.91 Å². The summed E-state index contributed by atoms with van der Waals surface area (Å²) in [5.41, 5.74) is 10.6. The van der Waals surface area contributed by atoms with E-state index >= 15 is 0 Å². The smallest absolute Gasteiger partial charge is 0.244 e. The molecule has 8 heteroatoms. The molecule has 0 spiro atoms. The standard InChI is InChI=1S/C8H15N5O.2ClH/c9-6(10)3-4-12-8(14)5-1-2-7(11)13-5;;/h5H,1-4H2,(H3,9,10)(H2,11,13)(H,12,14);2*1H/t5-;;/m0../s1. The normalized spacial score (nSPS) is 17.8. The molecular formula is C8H17Cl2N5O. The van der Waals surface area contributed by atoms with Crippen LogP contribution < -0.4 is 16.8 Å². The van der Waals surface area contributed by atoms with Crippen molar-refractivity contribution in [1.82, 2.24) is 5.32 Å². The Morgan fingerprint density at radius 1 is 1.56 bits per heavy atom. The molecule has 0 radical (unpaired) electrons. The fourth-order valence-electron chi connectivity index (χ4n) is 1.24. The van der Waals surface area contributed by atoms with Crippen LogP contribution in [0.1, 0.15) is 19.3 Å². The zero-order chi connectivity index (χ0) is 10.6. The minimum atomic E-state index is -0.345. The Hall–Kier alpha value is -1.01. The van der Waals surface area contributed by atoms with Gasteiger partial charge >= 0.3 is 0 Å². The first-order valence-corrected chi connectivity index (χ1v) is 4.52. The lowest BCUT2D eigenvalue weighted by molar-refractivity contribution is -0.122. The zero-order valence-electron chi connectivity index (χ0n) is 8.73. The van der Waals surface area contributed by atoms with Gasteiger partial charge in [0, 0.05) is 19.4 Å². The molecule has 0 aromatic heterocycles. The molecule has 1 amide bonds. The molecule has 6 nitrogen and oxygen atoms in total. The molecule has 1 heterocycles. The van der Waals surface area contributed by atoms with E-state index in [2.05, 4.69) is 10.3 Å². The van der Waals surface area contributed by atoms with Crippen LogP contribution in [0, 0.1) is 5.41 Å². The summed E-state index contributed by atoms with van der Waals surface area (Å²) >= 11 is 0. The Morgan fingerprint density at radius 2 is 2.19 bits per heavy atom. The largest absolute Gasteiger partial charge is 0.388 e. The summed E-state index contributed by atoms with van der Waals surface area (Å²) in [5, 5.41) is 9.61. The lowest BCUT2D eigenvalue weighted by Crippen LogP contribution is -2.34. The van der Waals surface area contributed by atoms with Gasteiger partial charge in [0.1, 0.15) is 6.04 Å². The molecule has 0 saturated heterocycles. The Labute approximate surface area is 107 Å². The van der Waals surface area contributed by atoms with E-state index in [1.165, 1.54) is 0 Å². The van der Waals surface area contributed by atoms with E-state index in [1.807, 2.05) is 0 Å². The molecule has 1 aliphatic heterocycles. The molecule has 0 aromatic rings. The van der Waals surface area contributed by atoms with Crippen LogP contribution in [0.5, 0.6) is 0 Å². The average molecular weight is 270 g/mol. The van der Waals surface area contributed by atoms with Crippen LogP contribution in [0.2, 0.25) is 0 Å². The minimum Gasteiger partial charge on any atom is -0.388 e. The fourth-order valence-corrected chi connectivity index (χ4v) is 1.24. The molecule has 94 valence electrons. The van der Waals surface area contributed by atoms with Gasteiger partial charge in [-0.3, -0.25) is 15.2 Å². The predicted molar refractivity (Wildman–Crippen MR) is 68.7 cm³/mol. The summed E-state index contributed by atoms with van der Waals surface area (Å²) in [5.74, 6) is 0.475. The first-order chi connectivity index (χ1) is 6.59. The third kappa shape index (κ3) is 5.77. The molecule has 0 unspecified atom stereocenters. The van der Waals surface area contributed by atoms with E-state index in [-0.39, 0.29) is 42.6 Å². The number of nitrogens with zero attached hydrogens (tertiary/aromatic N) is 1. The fraction of sp³-hybridized carbons (Fsp3) is 0.625. The second-order valence-electron chi connectivity index (χ2n) is 3.24. The third-order valence-corrected chi connectivity index (χ3v) is 1.99. The Balaban J connectivity index is 0. The molecule has 16 heavy (non-hydrogen) atoms. The molecule has 6 N–H and O–H groups in total. The van der Waals surface area contributed by atoms with Crippen molar-refractivity contribution >= 4 is 42.4 Å². The Bertz CT molecular complexity index is 282.